The maximum atomic E-state index is 11.9. The van der Waals surface area contributed by atoms with Crippen molar-refractivity contribution in [2.24, 2.45) is 5.41 Å². The van der Waals surface area contributed by atoms with Crippen LogP contribution in [0.4, 0.5) is 5.82 Å². The summed E-state index contributed by atoms with van der Waals surface area (Å²) in [5.74, 6) is 0.919. The summed E-state index contributed by atoms with van der Waals surface area (Å²) in [6.45, 7) is 7.25. The van der Waals surface area contributed by atoms with Crippen LogP contribution >= 0.6 is 0 Å². The maximum Gasteiger partial charge on any atom is 0.360 e. The van der Waals surface area contributed by atoms with E-state index >= 15 is 0 Å². The van der Waals surface area contributed by atoms with Crippen LogP contribution in [0.25, 0.3) is 0 Å². The highest BCUT2D eigenvalue weighted by Gasteiger charge is 2.37. The second-order valence-corrected chi connectivity index (χ2v) is 5.63. The van der Waals surface area contributed by atoms with Gasteiger partial charge < -0.3 is 15.0 Å². The minimum absolute atomic E-state index is 0.272. The molecule has 0 aromatic carbocycles. The van der Waals surface area contributed by atoms with Crippen LogP contribution in [0.1, 0.15) is 62.8 Å². The SMILES string of the molecule is CCOC(=O)c1nc(CC)n(CC2(CC)CCC2)c1N. The average molecular weight is 279 g/mol. The third-order valence-electron chi connectivity index (χ3n) is 4.53. The Kier molecular flexibility index (Phi) is 4.35. The molecule has 20 heavy (non-hydrogen) atoms. The number of nitrogen functional groups attached to an aromatic ring is 1. The summed E-state index contributed by atoms with van der Waals surface area (Å²) in [6, 6.07) is 0. The average Bonchev–Trinajstić information content (AvgIpc) is 2.71. The summed E-state index contributed by atoms with van der Waals surface area (Å²) in [5.41, 5.74) is 6.76. The summed E-state index contributed by atoms with van der Waals surface area (Å²) in [7, 11) is 0. The largest absolute Gasteiger partial charge is 0.461 e. The molecule has 1 aromatic rings. The van der Waals surface area contributed by atoms with Crippen LogP contribution in [0.2, 0.25) is 0 Å². The quantitative estimate of drug-likeness (QED) is 0.813. The zero-order valence-corrected chi connectivity index (χ0v) is 12.7. The van der Waals surface area contributed by atoms with Gasteiger partial charge in [0.25, 0.3) is 0 Å². The predicted molar refractivity (Wildman–Crippen MR) is 78.5 cm³/mol. The number of hydrogen-bond donors (Lipinski definition) is 1. The number of aromatic nitrogens is 2. The first-order chi connectivity index (χ1) is 9.56. The number of rotatable bonds is 6. The fourth-order valence-electron chi connectivity index (χ4n) is 2.95. The van der Waals surface area contributed by atoms with Gasteiger partial charge in [-0.2, -0.15) is 0 Å². The van der Waals surface area contributed by atoms with E-state index in [9.17, 15) is 4.79 Å². The molecule has 1 heterocycles. The standard InChI is InChI=1S/C15H25N3O2/c1-4-11-17-12(14(19)20-6-3)13(16)18(11)10-15(5-2)8-7-9-15/h4-10,16H2,1-3H3. The van der Waals surface area contributed by atoms with Crippen molar-refractivity contribution in [2.75, 3.05) is 12.3 Å². The first kappa shape index (κ1) is 14.9. The van der Waals surface area contributed by atoms with Gasteiger partial charge in [0.15, 0.2) is 5.69 Å². The lowest BCUT2D eigenvalue weighted by Gasteiger charge is -2.42. The molecule has 1 fully saturated rings. The van der Waals surface area contributed by atoms with E-state index in [2.05, 4.69) is 11.9 Å². The van der Waals surface area contributed by atoms with Crippen molar-refractivity contribution in [1.29, 1.82) is 0 Å². The number of hydrogen-bond acceptors (Lipinski definition) is 4. The third kappa shape index (κ3) is 2.53. The number of aryl methyl sites for hydroxylation is 1. The number of nitrogens with zero attached hydrogens (tertiary/aromatic N) is 2. The Morgan fingerprint density at radius 3 is 2.55 bits per heavy atom. The van der Waals surface area contributed by atoms with E-state index in [0.717, 1.165) is 25.2 Å². The van der Waals surface area contributed by atoms with Crippen molar-refractivity contribution in [2.45, 2.75) is 59.4 Å². The fourth-order valence-corrected chi connectivity index (χ4v) is 2.95. The molecule has 0 radical (unpaired) electrons. The van der Waals surface area contributed by atoms with Crippen LogP contribution in [0.5, 0.6) is 0 Å². The first-order valence-electron chi connectivity index (χ1n) is 7.59. The summed E-state index contributed by atoms with van der Waals surface area (Å²) < 4.78 is 7.05. The Morgan fingerprint density at radius 1 is 1.40 bits per heavy atom. The molecule has 0 unspecified atom stereocenters. The second kappa shape index (κ2) is 5.85. The van der Waals surface area contributed by atoms with Gasteiger partial charge in [-0.3, -0.25) is 0 Å². The number of carbonyl (C=O) groups is 1. The van der Waals surface area contributed by atoms with Gasteiger partial charge in [0, 0.05) is 13.0 Å². The van der Waals surface area contributed by atoms with Crippen LogP contribution in [-0.2, 0) is 17.7 Å². The topological polar surface area (TPSA) is 70.1 Å². The fraction of sp³-hybridized carbons (Fsp3) is 0.733. The van der Waals surface area contributed by atoms with E-state index in [1.54, 1.807) is 6.92 Å². The summed E-state index contributed by atoms with van der Waals surface area (Å²) in [4.78, 5) is 16.3. The van der Waals surface area contributed by atoms with Crippen molar-refractivity contribution >= 4 is 11.8 Å². The molecule has 5 nitrogen and oxygen atoms in total. The Labute approximate surface area is 120 Å². The molecule has 0 amide bonds. The van der Waals surface area contributed by atoms with Gasteiger partial charge >= 0.3 is 5.97 Å². The molecule has 2 N–H and O–H groups in total. The highest BCUT2D eigenvalue weighted by molar-refractivity contribution is 5.92. The maximum absolute atomic E-state index is 11.9. The van der Waals surface area contributed by atoms with Gasteiger partial charge in [0.2, 0.25) is 0 Å². The van der Waals surface area contributed by atoms with Gasteiger partial charge in [-0.05, 0) is 31.6 Å². The van der Waals surface area contributed by atoms with Gasteiger partial charge in [0.05, 0.1) is 6.61 Å². The minimum atomic E-state index is -0.419. The lowest BCUT2D eigenvalue weighted by molar-refractivity contribution is 0.0521. The van der Waals surface area contributed by atoms with Crippen molar-refractivity contribution in [1.82, 2.24) is 9.55 Å². The highest BCUT2D eigenvalue weighted by atomic mass is 16.5. The van der Waals surface area contributed by atoms with Crippen molar-refractivity contribution in [3.05, 3.63) is 11.5 Å². The molecule has 1 saturated carbocycles. The second-order valence-electron chi connectivity index (χ2n) is 5.63. The van der Waals surface area contributed by atoms with Crippen LogP contribution in [0.15, 0.2) is 0 Å². The summed E-state index contributed by atoms with van der Waals surface area (Å²) in [5, 5.41) is 0. The van der Waals surface area contributed by atoms with Gasteiger partial charge in [-0.1, -0.05) is 20.3 Å². The molecule has 1 aliphatic carbocycles. The molecular weight excluding hydrogens is 254 g/mol. The predicted octanol–water partition coefficient (Wildman–Crippen LogP) is 2.78. The van der Waals surface area contributed by atoms with Crippen LogP contribution in [0.3, 0.4) is 0 Å². The zero-order valence-electron chi connectivity index (χ0n) is 12.7. The van der Waals surface area contributed by atoms with E-state index in [-0.39, 0.29) is 5.69 Å². The molecule has 1 aliphatic rings. The molecule has 0 spiro atoms. The molecule has 112 valence electrons. The van der Waals surface area contributed by atoms with Crippen LogP contribution < -0.4 is 5.73 Å². The molecular formula is C15H25N3O2. The number of imidazole rings is 1. The molecule has 0 aliphatic heterocycles. The molecule has 0 bridgehead atoms. The smallest absolute Gasteiger partial charge is 0.360 e. The number of esters is 1. The van der Waals surface area contributed by atoms with E-state index in [0.29, 0.717) is 17.8 Å². The Balaban J connectivity index is 2.29. The first-order valence-corrected chi connectivity index (χ1v) is 7.59. The summed E-state index contributed by atoms with van der Waals surface area (Å²) in [6.07, 6.45) is 5.67. The molecule has 2 rings (SSSR count). The number of ether oxygens (including phenoxy) is 1. The van der Waals surface area contributed by atoms with Crippen molar-refractivity contribution in [3.8, 4) is 0 Å². The zero-order chi connectivity index (χ0) is 14.8. The molecule has 1 aromatic heterocycles. The van der Waals surface area contributed by atoms with Crippen LogP contribution in [-0.4, -0.2) is 22.1 Å². The third-order valence-corrected chi connectivity index (χ3v) is 4.53. The van der Waals surface area contributed by atoms with E-state index < -0.39 is 5.97 Å². The van der Waals surface area contributed by atoms with E-state index in [1.165, 1.54) is 19.3 Å². The monoisotopic (exact) mass is 279 g/mol. The molecule has 0 atom stereocenters. The van der Waals surface area contributed by atoms with E-state index in [4.69, 9.17) is 10.5 Å². The number of carbonyl (C=O) groups excluding carboxylic acids is 1. The molecule has 0 saturated heterocycles. The lowest BCUT2D eigenvalue weighted by Crippen LogP contribution is -2.34. The lowest BCUT2D eigenvalue weighted by atomic mass is 9.67. The minimum Gasteiger partial charge on any atom is -0.461 e. The van der Waals surface area contributed by atoms with E-state index in [1.807, 2.05) is 11.5 Å². The van der Waals surface area contributed by atoms with Crippen molar-refractivity contribution in [3.63, 3.8) is 0 Å². The van der Waals surface area contributed by atoms with Gasteiger partial charge in [-0.25, -0.2) is 9.78 Å². The van der Waals surface area contributed by atoms with Gasteiger partial charge in [-0.15, -0.1) is 0 Å². The van der Waals surface area contributed by atoms with Crippen molar-refractivity contribution < 1.29 is 9.53 Å². The summed E-state index contributed by atoms with van der Waals surface area (Å²) >= 11 is 0. The number of nitrogens with two attached hydrogens (primary N) is 1. The Morgan fingerprint density at radius 2 is 2.10 bits per heavy atom. The highest BCUT2D eigenvalue weighted by Crippen LogP contribution is 2.45. The molecule has 5 heteroatoms. The Bertz CT molecular complexity index is 484. The normalized spacial score (nSPS) is 16.8. The van der Waals surface area contributed by atoms with Gasteiger partial charge in [0.1, 0.15) is 11.6 Å². The number of anilines is 1. The Hall–Kier alpha value is -1.52. The van der Waals surface area contributed by atoms with Crippen LogP contribution in [0, 0.1) is 5.41 Å².